The van der Waals surface area contributed by atoms with Crippen LogP contribution in [-0.2, 0) is 26.7 Å². The molecule has 0 saturated heterocycles. The molecule has 8 nitrogen and oxygen atoms in total. The summed E-state index contributed by atoms with van der Waals surface area (Å²) in [5, 5.41) is 0. The monoisotopic (exact) mass is 486 g/mol. The van der Waals surface area contributed by atoms with Crippen molar-refractivity contribution in [1.82, 2.24) is 0 Å². The quantitative estimate of drug-likeness (QED) is 0.155. The molecule has 0 saturated carbocycles. The normalized spacial score (nSPS) is 11.2. The van der Waals surface area contributed by atoms with Crippen molar-refractivity contribution in [3.8, 4) is 11.5 Å². The molecular formula is C16H24K2O8S2. The molecule has 12 heteroatoms. The first-order chi connectivity index (χ1) is 12.1. The van der Waals surface area contributed by atoms with Crippen LogP contribution in [0.2, 0.25) is 0 Å². The predicted molar refractivity (Wildman–Crippen MR) is 94.4 cm³/mol. The van der Waals surface area contributed by atoms with Crippen molar-refractivity contribution in [3.63, 3.8) is 0 Å². The Kier molecular flexibility index (Phi) is 19.0. The van der Waals surface area contributed by atoms with Crippen LogP contribution in [-0.4, -0.2) is 50.7 Å². The zero-order valence-corrected chi connectivity index (χ0v) is 24.6. The van der Waals surface area contributed by atoms with Gasteiger partial charge < -0.3 is 18.6 Å². The van der Waals surface area contributed by atoms with Gasteiger partial charge in [-0.2, -0.15) is 0 Å². The van der Waals surface area contributed by atoms with E-state index >= 15 is 0 Å². The van der Waals surface area contributed by atoms with E-state index in [0.29, 0.717) is 24.3 Å². The van der Waals surface area contributed by atoms with Crippen molar-refractivity contribution in [3.05, 3.63) is 23.8 Å². The molecule has 0 aliphatic heterocycles. The number of ether oxygens (including phenoxy) is 2. The fourth-order valence-corrected chi connectivity index (χ4v) is 3.30. The van der Waals surface area contributed by atoms with E-state index in [9.17, 15) is 25.9 Å². The molecule has 0 amide bonds. The molecule has 0 atom stereocenters. The van der Waals surface area contributed by atoms with Gasteiger partial charge in [-0.05, 0) is 43.7 Å². The second-order valence-corrected chi connectivity index (χ2v) is 8.81. The zero-order chi connectivity index (χ0) is 19.6. The standard InChI is InChI=1S/C16H26O8S2.2K/c1-2-14-7-8-15(23-9-3-5-11-25(17,18)19)13-16(14)24-10-4-6-12-26(20,21)22;;/h7-8,13H,2-6,9-12H2,1H3,(H,17,18,19)(H,20,21,22);;/q;2*+1/p-2. The third-order valence-electron chi connectivity index (χ3n) is 3.52. The number of benzene rings is 1. The maximum Gasteiger partial charge on any atom is 1.00 e. The van der Waals surface area contributed by atoms with Gasteiger partial charge in [0, 0.05) is 17.6 Å². The van der Waals surface area contributed by atoms with Crippen LogP contribution >= 0.6 is 0 Å². The van der Waals surface area contributed by atoms with E-state index in [1.807, 2.05) is 13.0 Å². The van der Waals surface area contributed by atoms with Crippen molar-refractivity contribution in [1.29, 1.82) is 0 Å². The number of rotatable bonds is 13. The van der Waals surface area contributed by atoms with Gasteiger partial charge in [0.1, 0.15) is 11.5 Å². The van der Waals surface area contributed by atoms with E-state index in [1.165, 1.54) is 0 Å². The van der Waals surface area contributed by atoms with Crippen LogP contribution in [0.1, 0.15) is 38.2 Å². The average molecular weight is 487 g/mol. The van der Waals surface area contributed by atoms with Crippen LogP contribution in [0.25, 0.3) is 0 Å². The Hall–Kier alpha value is 1.91. The molecule has 0 aliphatic carbocycles. The molecule has 0 aromatic heterocycles. The summed E-state index contributed by atoms with van der Waals surface area (Å²) in [5.41, 5.74) is 0.964. The summed E-state index contributed by atoms with van der Waals surface area (Å²) < 4.78 is 74.4. The Morgan fingerprint density at radius 2 is 1.32 bits per heavy atom. The van der Waals surface area contributed by atoms with Crippen LogP contribution in [0.3, 0.4) is 0 Å². The Balaban J connectivity index is 0. The first kappa shape index (κ1) is 32.1. The van der Waals surface area contributed by atoms with E-state index < -0.39 is 31.7 Å². The van der Waals surface area contributed by atoms with Gasteiger partial charge >= 0.3 is 103 Å². The van der Waals surface area contributed by atoms with Crippen molar-refractivity contribution >= 4 is 20.2 Å². The van der Waals surface area contributed by atoms with E-state index in [-0.39, 0.29) is 129 Å². The third-order valence-corrected chi connectivity index (χ3v) is 5.10. The smallest absolute Gasteiger partial charge is 0.748 e. The second-order valence-electron chi connectivity index (χ2n) is 5.76. The maximum atomic E-state index is 10.5. The summed E-state index contributed by atoms with van der Waals surface area (Å²) in [6.07, 6.45) is 2.11. The van der Waals surface area contributed by atoms with Gasteiger partial charge in [0.2, 0.25) is 0 Å². The Labute approximate surface area is 252 Å². The largest absolute Gasteiger partial charge is 1.00 e. The van der Waals surface area contributed by atoms with Crippen molar-refractivity contribution in [2.24, 2.45) is 0 Å². The van der Waals surface area contributed by atoms with Gasteiger partial charge in [-0.15, -0.1) is 0 Å². The van der Waals surface area contributed by atoms with E-state index in [1.54, 1.807) is 12.1 Å². The molecule has 0 spiro atoms. The van der Waals surface area contributed by atoms with E-state index in [2.05, 4.69) is 0 Å². The molecule has 1 aromatic carbocycles. The maximum absolute atomic E-state index is 10.5. The van der Waals surface area contributed by atoms with Crippen LogP contribution < -0.4 is 112 Å². The molecular weight excluding hydrogens is 462 g/mol. The Morgan fingerprint density at radius 3 is 1.79 bits per heavy atom. The summed E-state index contributed by atoms with van der Waals surface area (Å²) in [4.78, 5) is 0. The molecule has 28 heavy (non-hydrogen) atoms. The van der Waals surface area contributed by atoms with Crippen molar-refractivity contribution in [2.45, 2.75) is 39.0 Å². The summed E-state index contributed by atoms with van der Waals surface area (Å²) in [6, 6.07) is 5.35. The zero-order valence-electron chi connectivity index (χ0n) is 16.7. The minimum absolute atomic E-state index is 0. The van der Waals surface area contributed by atoms with Crippen LogP contribution in [0.5, 0.6) is 11.5 Å². The molecule has 0 fully saturated rings. The van der Waals surface area contributed by atoms with Crippen LogP contribution in [0, 0.1) is 0 Å². The first-order valence-corrected chi connectivity index (χ1v) is 11.5. The molecule has 1 rings (SSSR count). The minimum Gasteiger partial charge on any atom is -0.748 e. The molecule has 1 aromatic rings. The summed E-state index contributed by atoms with van der Waals surface area (Å²) in [7, 11) is -8.39. The fourth-order valence-electron chi connectivity index (χ4n) is 2.19. The summed E-state index contributed by atoms with van der Waals surface area (Å²) >= 11 is 0. The predicted octanol–water partition coefficient (Wildman–Crippen LogP) is -4.33. The number of hydrogen-bond donors (Lipinski definition) is 0. The van der Waals surface area contributed by atoms with Crippen LogP contribution in [0.4, 0.5) is 0 Å². The van der Waals surface area contributed by atoms with Gasteiger partial charge in [-0.3, -0.25) is 0 Å². The molecule has 150 valence electrons. The van der Waals surface area contributed by atoms with Gasteiger partial charge in [0.25, 0.3) is 0 Å². The van der Waals surface area contributed by atoms with E-state index in [0.717, 1.165) is 12.0 Å². The number of hydrogen-bond acceptors (Lipinski definition) is 8. The van der Waals surface area contributed by atoms with Gasteiger partial charge in [0.15, 0.2) is 0 Å². The molecule has 0 heterocycles. The topological polar surface area (TPSA) is 133 Å². The molecule has 0 N–H and O–H groups in total. The average Bonchev–Trinajstić information content (AvgIpc) is 2.52. The molecule has 0 unspecified atom stereocenters. The Bertz CT molecular complexity index is 767. The van der Waals surface area contributed by atoms with Crippen molar-refractivity contribution < 1.29 is 138 Å². The van der Waals surface area contributed by atoms with E-state index in [4.69, 9.17) is 9.47 Å². The van der Waals surface area contributed by atoms with Crippen molar-refractivity contribution in [2.75, 3.05) is 24.7 Å². The van der Waals surface area contributed by atoms with Gasteiger partial charge in [0.05, 0.1) is 33.5 Å². The number of unbranched alkanes of at least 4 members (excludes halogenated alkanes) is 2. The van der Waals surface area contributed by atoms with Gasteiger partial charge in [-0.25, -0.2) is 16.8 Å². The Morgan fingerprint density at radius 1 is 0.821 bits per heavy atom. The summed E-state index contributed by atoms with van der Waals surface area (Å²) in [6.45, 7) is 2.53. The second kappa shape index (κ2) is 16.5. The fraction of sp³-hybridized carbons (Fsp3) is 0.625. The number of aryl methyl sites for hydroxylation is 1. The minimum atomic E-state index is -4.20. The van der Waals surface area contributed by atoms with Gasteiger partial charge in [-0.1, -0.05) is 13.0 Å². The molecule has 0 aliphatic rings. The first-order valence-electron chi connectivity index (χ1n) is 8.36. The van der Waals surface area contributed by atoms with Crippen LogP contribution in [0.15, 0.2) is 18.2 Å². The SMILES string of the molecule is CCc1ccc(OCCCCS(=O)(=O)[O-])cc1OCCCCS(=O)(=O)[O-].[K+].[K+]. The molecule has 0 radical (unpaired) electrons. The summed E-state index contributed by atoms with van der Waals surface area (Å²) in [5.74, 6) is 0.374. The molecule has 0 bridgehead atoms. The third kappa shape index (κ3) is 16.6.